The number of hydrogen-bond donors (Lipinski definition) is 1. The van der Waals surface area contributed by atoms with Crippen LogP contribution in [0.3, 0.4) is 0 Å². The Kier molecular flexibility index (Phi) is 4.36. The highest BCUT2D eigenvalue weighted by atomic mass is 16.5. The Labute approximate surface area is 108 Å². The molecule has 1 aromatic heterocycles. The van der Waals surface area contributed by atoms with Gasteiger partial charge in [-0.3, -0.25) is 0 Å². The van der Waals surface area contributed by atoms with Crippen LogP contribution in [0.1, 0.15) is 31.4 Å². The quantitative estimate of drug-likeness (QED) is 0.888. The van der Waals surface area contributed by atoms with Crippen molar-refractivity contribution in [2.45, 2.75) is 44.8 Å². The largest absolute Gasteiger partial charge is 0.481 e. The van der Waals surface area contributed by atoms with Gasteiger partial charge in [-0.15, -0.1) is 0 Å². The molecule has 1 fully saturated rings. The number of hydrogen-bond acceptors (Lipinski definition) is 5. The molecule has 1 saturated carbocycles. The second kappa shape index (κ2) is 6.00. The fourth-order valence-electron chi connectivity index (χ4n) is 2.42. The van der Waals surface area contributed by atoms with Crippen molar-refractivity contribution in [2.75, 3.05) is 19.5 Å². The summed E-state index contributed by atoms with van der Waals surface area (Å²) in [5.41, 5.74) is 0.897. The molecule has 1 N–H and O–H groups in total. The van der Waals surface area contributed by atoms with E-state index in [1.165, 1.54) is 12.8 Å². The van der Waals surface area contributed by atoms with Crippen molar-refractivity contribution >= 4 is 5.95 Å². The third-order valence-corrected chi connectivity index (χ3v) is 3.36. The molecule has 0 amide bonds. The van der Waals surface area contributed by atoms with Gasteiger partial charge in [0, 0.05) is 18.9 Å². The summed E-state index contributed by atoms with van der Waals surface area (Å²) >= 11 is 0. The Morgan fingerprint density at radius 1 is 1.22 bits per heavy atom. The first kappa shape index (κ1) is 13.1. The lowest BCUT2D eigenvalue weighted by Gasteiger charge is -2.31. The van der Waals surface area contributed by atoms with Crippen LogP contribution in [-0.2, 0) is 4.74 Å². The maximum Gasteiger partial charge on any atom is 0.226 e. The van der Waals surface area contributed by atoms with Gasteiger partial charge in [-0.2, -0.15) is 4.98 Å². The van der Waals surface area contributed by atoms with Crippen LogP contribution in [0.4, 0.5) is 5.95 Å². The van der Waals surface area contributed by atoms with E-state index in [1.807, 2.05) is 13.0 Å². The second-order valence-corrected chi connectivity index (χ2v) is 4.68. The molecule has 0 aliphatic heterocycles. The summed E-state index contributed by atoms with van der Waals surface area (Å²) in [6.07, 6.45) is 4.89. The normalized spacial score (nSPS) is 23.7. The highest BCUT2D eigenvalue weighted by Gasteiger charge is 2.25. The molecule has 0 bridgehead atoms. The molecule has 1 aromatic rings. The number of ether oxygens (including phenoxy) is 2. The van der Waals surface area contributed by atoms with Crippen LogP contribution in [0, 0.1) is 6.92 Å². The summed E-state index contributed by atoms with van der Waals surface area (Å²) in [6.45, 7) is 1.93. The van der Waals surface area contributed by atoms with Gasteiger partial charge in [-0.05, 0) is 19.8 Å². The first-order valence-corrected chi connectivity index (χ1v) is 6.42. The predicted molar refractivity (Wildman–Crippen MR) is 70.0 cm³/mol. The molecule has 2 rings (SSSR count). The Morgan fingerprint density at radius 2 is 2.00 bits per heavy atom. The lowest BCUT2D eigenvalue weighted by molar-refractivity contribution is 0.0603. The van der Waals surface area contributed by atoms with Crippen molar-refractivity contribution in [2.24, 2.45) is 0 Å². The summed E-state index contributed by atoms with van der Waals surface area (Å²) in [7, 11) is 3.38. The average molecular weight is 251 g/mol. The van der Waals surface area contributed by atoms with E-state index in [4.69, 9.17) is 9.47 Å². The van der Waals surface area contributed by atoms with Gasteiger partial charge in [-0.25, -0.2) is 4.98 Å². The van der Waals surface area contributed by atoms with E-state index in [0.29, 0.717) is 11.8 Å². The zero-order valence-corrected chi connectivity index (χ0v) is 11.3. The molecule has 0 saturated heterocycles. The van der Waals surface area contributed by atoms with Gasteiger partial charge in [0.1, 0.15) is 0 Å². The zero-order valence-electron chi connectivity index (χ0n) is 11.3. The monoisotopic (exact) mass is 251 g/mol. The summed E-state index contributed by atoms with van der Waals surface area (Å²) in [4.78, 5) is 8.70. The van der Waals surface area contributed by atoms with Gasteiger partial charge < -0.3 is 14.8 Å². The van der Waals surface area contributed by atoms with E-state index in [9.17, 15) is 0 Å². The molecule has 18 heavy (non-hydrogen) atoms. The second-order valence-electron chi connectivity index (χ2n) is 4.68. The number of aromatic nitrogens is 2. The lowest BCUT2D eigenvalue weighted by Crippen LogP contribution is -2.38. The van der Waals surface area contributed by atoms with E-state index in [2.05, 4.69) is 15.3 Å². The van der Waals surface area contributed by atoms with Crippen molar-refractivity contribution < 1.29 is 9.47 Å². The Hall–Kier alpha value is -1.36. The minimum atomic E-state index is 0.244. The van der Waals surface area contributed by atoms with Crippen LogP contribution in [0.25, 0.3) is 0 Å². The molecule has 5 nitrogen and oxygen atoms in total. The van der Waals surface area contributed by atoms with Crippen LogP contribution < -0.4 is 10.1 Å². The molecule has 100 valence electrons. The van der Waals surface area contributed by atoms with Crippen LogP contribution >= 0.6 is 0 Å². The summed E-state index contributed by atoms with van der Waals surface area (Å²) < 4.78 is 10.7. The molecule has 0 spiro atoms. The van der Waals surface area contributed by atoms with Gasteiger partial charge in [0.05, 0.1) is 19.3 Å². The molecule has 0 radical (unpaired) electrons. The van der Waals surface area contributed by atoms with E-state index < -0.39 is 0 Å². The van der Waals surface area contributed by atoms with Crippen LogP contribution in [-0.4, -0.2) is 36.3 Å². The number of rotatable bonds is 4. The Morgan fingerprint density at radius 3 is 2.72 bits per heavy atom. The molecule has 5 heteroatoms. The molecule has 1 heterocycles. The van der Waals surface area contributed by atoms with Crippen molar-refractivity contribution in [3.63, 3.8) is 0 Å². The van der Waals surface area contributed by atoms with Crippen LogP contribution in [0.15, 0.2) is 6.07 Å². The molecule has 1 aliphatic rings. The third-order valence-electron chi connectivity index (χ3n) is 3.36. The minimum Gasteiger partial charge on any atom is -0.481 e. The third kappa shape index (κ3) is 3.10. The topological polar surface area (TPSA) is 56.3 Å². The van der Waals surface area contributed by atoms with E-state index in [-0.39, 0.29) is 12.1 Å². The Bertz CT molecular complexity index is 398. The summed E-state index contributed by atoms with van der Waals surface area (Å²) in [5, 5.41) is 3.37. The van der Waals surface area contributed by atoms with Crippen LogP contribution in [0.5, 0.6) is 5.88 Å². The minimum absolute atomic E-state index is 0.244. The number of aryl methyl sites for hydroxylation is 1. The number of nitrogens with zero attached hydrogens (tertiary/aromatic N) is 2. The van der Waals surface area contributed by atoms with Crippen molar-refractivity contribution in [1.29, 1.82) is 0 Å². The van der Waals surface area contributed by atoms with Crippen molar-refractivity contribution in [3.05, 3.63) is 11.8 Å². The Balaban J connectivity index is 2.09. The van der Waals surface area contributed by atoms with Gasteiger partial charge in [0.2, 0.25) is 11.8 Å². The van der Waals surface area contributed by atoms with Crippen molar-refractivity contribution in [3.8, 4) is 5.88 Å². The molecule has 0 aromatic carbocycles. The highest BCUT2D eigenvalue weighted by Crippen LogP contribution is 2.23. The lowest BCUT2D eigenvalue weighted by atomic mass is 9.92. The van der Waals surface area contributed by atoms with Gasteiger partial charge in [0.25, 0.3) is 0 Å². The molecule has 1 aliphatic carbocycles. The standard InChI is InChI=1S/C13H21N3O2/c1-9-8-12(18-3)16-13(14-9)15-10-6-4-5-7-11(10)17-2/h8,10-11H,4-7H2,1-3H3,(H,14,15,16)/t10-,11-/m0/s1. The van der Waals surface area contributed by atoms with Gasteiger partial charge >= 0.3 is 0 Å². The predicted octanol–water partition coefficient (Wildman–Crippen LogP) is 2.16. The smallest absolute Gasteiger partial charge is 0.226 e. The van der Waals surface area contributed by atoms with E-state index >= 15 is 0 Å². The van der Waals surface area contributed by atoms with Gasteiger partial charge in [-0.1, -0.05) is 12.8 Å². The first-order chi connectivity index (χ1) is 8.72. The maximum absolute atomic E-state index is 5.51. The van der Waals surface area contributed by atoms with Crippen LogP contribution in [0.2, 0.25) is 0 Å². The highest BCUT2D eigenvalue weighted by molar-refractivity contribution is 5.32. The maximum atomic E-state index is 5.51. The van der Waals surface area contributed by atoms with Crippen molar-refractivity contribution in [1.82, 2.24) is 9.97 Å². The fourth-order valence-corrected chi connectivity index (χ4v) is 2.42. The zero-order chi connectivity index (χ0) is 13.0. The first-order valence-electron chi connectivity index (χ1n) is 6.42. The SMILES string of the molecule is COc1cc(C)nc(N[C@H]2CCCC[C@@H]2OC)n1. The molecular formula is C13H21N3O2. The summed E-state index contributed by atoms with van der Waals surface area (Å²) in [6, 6.07) is 2.11. The molecular weight excluding hydrogens is 230 g/mol. The number of methoxy groups -OCH3 is 2. The number of nitrogens with one attached hydrogen (secondary N) is 1. The fraction of sp³-hybridized carbons (Fsp3) is 0.692. The van der Waals surface area contributed by atoms with E-state index in [0.717, 1.165) is 18.5 Å². The summed E-state index contributed by atoms with van der Waals surface area (Å²) in [5.74, 6) is 1.22. The van der Waals surface area contributed by atoms with Gasteiger partial charge in [0.15, 0.2) is 0 Å². The average Bonchev–Trinajstić information content (AvgIpc) is 2.38. The molecule has 0 unspecified atom stereocenters. The number of anilines is 1. The molecule has 2 atom stereocenters. The van der Waals surface area contributed by atoms with E-state index in [1.54, 1.807) is 14.2 Å².